The minimum absolute atomic E-state index is 0.185. The fraction of sp³-hybridized carbons (Fsp3) is 0.174. The Morgan fingerprint density at radius 3 is 2.43 bits per heavy atom. The normalized spacial score (nSPS) is 10.5. The highest BCUT2D eigenvalue weighted by Crippen LogP contribution is 2.17. The molecule has 0 aliphatic rings. The molecule has 3 rings (SSSR count). The van der Waals surface area contributed by atoms with E-state index in [0.717, 1.165) is 22.5 Å². The highest BCUT2D eigenvalue weighted by atomic mass is 16.2. The molecule has 0 atom stereocenters. The Morgan fingerprint density at radius 1 is 1.07 bits per heavy atom. The van der Waals surface area contributed by atoms with E-state index >= 15 is 0 Å². The number of aryl methyl sites for hydroxylation is 2. The van der Waals surface area contributed by atoms with E-state index in [1.807, 2.05) is 39.0 Å². The van der Waals surface area contributed by atoms with E-state index < -0.39 is 0 Å². The van der Waals surface area contributed by atoms with Crippen molar-refractivity contribution < 1.29 is 9.59 Å². The van der Waals surface area contributed by atoms with Crippen LogP contribution in [0.3, 0.4) is 0 Å². The highest BCUT2D eigenvalue weighted by molar-refractivity contribution is 6.04. The first-order chi connectivity index (χ1) is 13.4. The topological polar surface area (TPSA) is 64.0 Å². The van der Waals surface area contributed by atoms with Crippen molar-refractivity contribution in [1.29, 1.82) is 0 Å². The van der Waals surface area contributed by atoms with Crippen molar-refractivity contribution in [1.82, 2.24) is 9.78 Å². The molecule has 1 N–H and O–H groups in total. The zero-order chi connectivity index (χ0) is 20.3. The van der Waals surface area contributed by atoms with Gasteiger partial charge >= 0.3 is 0 Å². The summed E-state index contributed by atoms with van der Waals surface area (Å²) in [6.07, 6.45) is 2.48. The average Bonchev–Trinajstić information content (AvgIpc) is 2.96. The molecule has 28 heavy (non-hydrogen) atoms. The summed E-state index contributed by atoms with van der Waals surface area (Å²) in [6.45, 7) is 9.47. The van der Waals surface area contributed by atoms with E-state index in [-0.39, 0.29) is 11.8 Å². The Balaban J connectivity index is 1.77. The molecule has 0 radical (unpaired) electrons. The van der Waals surface area contributed by atoms with Gasteiger partial charge in [-0.1, -0.05) is 23.8 Å². The van der Waals surface area contributed by atoms with Crippen LogP contribution in [0, 0.1) is 20.8 Å². The van der Waals surface area contributed by atoms with Gasteiger partial charge in [-0.05, 0) is 63.6 Å². The largest absolute Gasteiger partial charge is 0.322 e. The summed E-state index contributed by atoms with van der Waals surface area (Å²) >= 11 is 0. The summed E-state index contributed by atoms with van der Waals surface area (Å²) in [5, 5.41) is 7.22. The quantitative estimate of drug-likeness (QED) is 0.671. The molecule has 0 aliphatic carbocycles. The van der Waals surface area contributed by atoms with Crippen molar-refractivity contribution >= 4 is 17.5 Å². The van der Waals surface area contributed by atoms with E-state index in [1.165, 1.54) is 4.68 Å². The Bertz CT molecular complexity index is 1050. The summed E-state index contributed by atoms with van der Waals surface area (Å²) in [6, 6.07) is 14.2. The van der Waals surface area contributed by atoms with E-state index in [2.05, 4.69) is 17.0 Å². The smallest absolute Gasteiger partial charge is 0.278 e. The summed E-state index contributed by atoms with van der Waals surface area (Å²) < 4.78 is 1.43. The average molecular weight is 373 g/mol. The number of aromatic nitrogens is 2. The van der Waals surface area contributed by atoms with Crippen molar-refractivity contribution in [2.24, 2.45) is 0 Å². The third-order valence-corrected chi connectivity index (χ3v) is 4.65. The minimum atomic E-state index is -0.201. The van der Waals surface area contributed by atoms with Crippen molar-refractivity contribution in [2.45, 2.75) is 27.2 Å². The number of amides is 1. The zero-order valence-corrected chi connectivity index (χ0v) is 16.3. The van der Waals surface area contributed by atoms with E-state index in [1.54, 1.807) is 36.4 Å². The molecule has 1 amide bonds. The van der Waals surface area contributed by atoms with Gasteiger partial charge in [0.1, 0.15) is 0 Å². The van der Waals surface area contributed by atoms with Gasteiger partial charge in [0.25, 0.3) is 11.8 Å². The van der Waals surface area contributed by atoms with E-state index in [9.17, 15) is 9.59 Å². The number of hydrogen-bond acceptors (Lipinski definition) is 3. The molecule has 0 bridgehead atoms. The lowest BCUT2D eigenvalue weighted by Crippen LogP contribution is -2.16. The monoisotopic (exact) mass is 373 g/mol. The van der Waals surface area contributed by atoms with Crippen LogP contribution in [-0.4, -0.2) is 21.6 Å². The summed E-state index contributed by atoms with van der Waals surface area (Å²) in [7, 11) is 0. The molecule has 0 fully saturated rings. The van der Waals surface area contributed by atoms with Gasteiger partial charge in [0, 0.05) is 28.1 Å². The summed E-state index contributed by atoms with van der Waals surface area (Å²) in [5.74, 6) is -0.386. The van der Waals surface area contributed by atoms with Crippen LogP contribution in [0.4, 0.5) is 5.69 Å². The second-order valence-electron chi connectivity index (χ2n) is 6.76. The summed E-state index contributed by atoms with van der Waals surface area (Å²) in [5.41, 5.74) is 5.41. The van der Waals surface area contributed by atoms with Crippen molar-refractivity contribution in [2.75, 3.05) is 5.32 Å². The Morgan fingerprint density at radius 2 is 1.79 bits per heavy atom. The van der Waals surface area contributed by atoms with Gasteiger partial charge in [0.15, 0.2) is 0 Å². The maximum absolute atomic E-state index is 12.8. The number of hydrogen-bond donors (Lipinski definition) is 1. The van der Waals surface area contributed by atoms with E-state index in [4.69, 9.17) is 0 Å². The van der Waals surface area contributed by atoms with Crippen LogP contribution in [-0.2, 0) is 6.42 Å². The number of benzene rings is 2. The molecular formula is C23H23N3O2. The molecule has 2 aromatic carbocycles. The molecule has 1 aromatic heterocycles. The number of allylic oxidation sites excluding steroid dienone is 1. The van der Waals surface area contributed by atoms with Crippen molar-refractivity contribution in [3.63, 3.8) is 0 Å². The van der Waals surface area contributed by atoms with Crippen molar-refractivity contribution in [3.8, 4) is 0 Å². The van der Waals surface area contributed by atoms with Crippen LogP contribution in [0.2, 0.25) is 0 Å². The lowest BCUT2D eigenvalue weighted by Gasteiger charge is -2.08. The highest BCUT2D eigenvalue weighted by Gasteiger charge is 2.17. The molecule has 142 valence electrons. The van der Waals surface area contributed by atoms with Gasteiger partial charge in [-0.2, -0.15) is 5.10 Å². The third-order valence-electron chi connectivity index (χ3n) is 4.65. The van der Waals surface area contributed by atoms with Gasteiger partial charge in [-0.25, -0.2) is 4.68 Å². The molecule has 5 heteroatoms. The molecule has 0 saturated heterocycles. The Labute approximate surface area is 164 Å². The molecule has 0 unspecified atom stereocenters. The molecule has 0 saturated carbocycles. The van der Waals surface area contributed by atoms with Gasteiger partial charge in [0.05, 0.1) is 5.69 Å². The number of nitrogens with one attached hydrogen (secondary N) is 1. The first-order valence-corrected chi connectivity index (χ1v) is 9.09. The summed E-state index contributed by atoms with van der Waals surface area (Å²) in [4.78, 5) is 25.2. The lowest BCUT2D eigenvalue weighted by atomic mass is 10.1. The molecule has 0 aliphatic heterocycles. The second kappa shape index (κ2) is 8.05. The maximum atomic E-state index is 12.8. The number of nitrogens with zero attached hydrogens (tertiary/aromatic N) is 2. The molecule has 1 heterocycles. The number of carbonyl (C=O) groups is 2. The van der Waals surface area contributed by atoms with Gasteiger partial charge in [0.2, 0.25) is 0 Å². The minimum Gasteiger partial charge on any atom is -0.322 e. The van der Waals surface area contributed by atoms with Gasteiger partial charge < -0.3 is 5.32 Å². The predicted molar refractivity (Wildman–Crippen MR) is 111 cm³/mol. The first-order valence-electron chi connectivity index (χ1n) is 9.09. The lowest BCUT2D eigenvalue weighted by molar-refractivity contribution is 0.0941. The van der Waals surface area contributed by atoms with Crippen LogP contribution in [0.1, 0.15) is 43.2 Å². The zero-order valence-electron chi connectivity index (χ0n) is 16.3. The Kier molecular flexibility index (Phi) is 5.54. The van der Waals surface area contributed by atoms with Crippen LogP contribution in [0.5, 0.6) is 0 Å². The third kappa shape index (κ3) is 3.93. The van der Waals surface area contributed by atoms with Gasteiger partial charge in [-0.3, -0.25) is 9.59 Å². The van der Waals surface area contributed by atoms with Crippen LogP contribution in [0.15, 0.2) is 61.2 Å². The van der Waals surface area contributed by atoms with E-state index in [0.29, 0.717) is 23.2 Å². The van der Waals surface area contributed by atoms with Crippen LogP contribution < -0.4 is 5.32 Å². The van der Waals surface area contributed by atoms with Crippen molar-refractivity contribution in [3.05, 3.63) is 94.8 Å². The predicted octanol–water partition coefficient (Wildman–Crippen LogP) is 4.48. The Hall–Kier alpha value is -3.47. The number of anilines is 1. The fourth-order valence-corrected chi connectivity index (χ4v) is 3.12. The second-order valence-corrected chi connectivity index (χ2v) is 6.76. The first kappa shape index (κ1) is 19.3. The fourth-order valence-electron chi connectivity index (χ4n) is 3.12. The molecule has 3 aromatic rings. The van der Waals surface area contributed by atoms with Gasteiger partial charge in [-0.15, -0.1) is 6.58 Å². The molecule has 5 nitrogen and oxygen atoms in total. The van der Waals surface area contributed by atoms with Crippen LogP contribution in [0.25, 0.3) is 0 Å². The SMILES string of the molecule is C=CCc1c(C)nn(C(=O)c2ccc(NC(=O)c3cccc(C)c3)cc2)c1C. The number of carbonyl (C=O) groups excluding carboxylic acids is 2. The number of rotatable bonds is 5. The molecular weight excluding hydrogens is 350 g/mol. The molecule has 0 spiro atoms. The maximum Gasteiger partial charge on any atom is 0.278 e. The van der Waals surface area contributed by atoms with Crippen LogP contribution >= 0.6 is 0 Å². The standard InChI is InChI=1S/C23H23N3O2/c1-5-7-21-16(3)25-26(17(21)4)23(28)18-10-12-20(13-11-18)24-22(27)19-9-6-8-15(2)14-19/h5-6,8-14H,1,7H2,2-4H3,(H,24,27).